The first-order chi connectivity index (χ1) is 6.79. The number of carbonyl (C=O) groups excluding carboxylic acids is 1. The molecule has 0 aliphatic heterocycles. The second-order valence-electron chi connectivity index (χ2n) is 3.22. The van der Waals surface area contributed by atoms with Gasteiger partial charge in [-0.25, -0.2) is 8.19 Å². The molecule has 0 fully saturated rings. The summed E-state index contributed by atoms with van der Waals surface area (Å²) in [5.74, 6) is 0. The van der Waals surface area contributed by atoms with Crippen molar-refractivity contribution in [3.8, 4) is 0 Å². The van der Waals surface area contributed by atoms with Crippen LogP contribution in [-0.2, 0) is 10.2 Å². The number of hydrogen-bond acceptors (Lipinski definition) is 4. The summed E-state index contributed by atoms with van der Waals surface area (Å²) in [7, 11) is -2.90. The third kappa shape index (κ3) is 2.23. The third-order valence-corrected chi connectivity index (χ3v) is 5.42. The Morgan fingerprint density at radius 1 is 1.20 bits per heavy atom. The Hall–Kier alpha value is -0.820. The molecule has 0 unspecified atom stereocenters. The molecule has 0 bridgehead atoms. The highest BCUT2D eigenvalue weighted by Crippen LogP contribution is 2.17. The summed E-state index contributed by atoms with van der Waals surface area (Å²) in [5, 5.41) is 10.6. The molecule has 0 N–H and O–H groups in total. The SMILES string of the molecule is CC[N+](CC)(CC)S(=O)(=O)N(C)C(=O)[O-]. The van der Waals surface area contributed by atoms with Gasteiger partial charge in [-0.05, 0) is 20.8 Å². The molecule has 0 aromatic carbocycles. The quantitative estimate of drug-likeness (QED) is 0.598. The Kier molecular flexibility index (Phi) is 4.54. The number of amides is 1. The third-order valence-electron chi connectivity index (χ3n) is 2.82. The van der Waals surface area contributed by atoms with Crippen molar-refractivity contribution in [2.45, 2.75) is 20.8 Å². The van der Waals surface area contributed by atoms with Crippen LogP contribution in [0, 0.1) is 0 Å². The van der Waals surface area contributed by atoms with Crippen LogP contribution in [0.1, 0.15) is 20.8 Å². The number of carboxylic acid groups (broad SMARTS) is 1. The van der Waals surface area contributed by atoms with Gasteiger partial charge in [0.05, 0.1) is 19.6 Å². The number of nitrogens with zero attached hydrogens (tertiary/aromatic N) is 2. The molecule has 0 aliphatic rings. The van der Waals surface area contributed by atoms with E-state index in [1.165, 1.54) is 0 Å². The van der Waals surface area contributed by atoms with Crippen LogP contribution in [0.4, 0.5) is 4.79 Å². The van der Waals surface area contributed by atoms with Gasteiger partial charge in [-0.2, -0.15) is 8.42 Å². The van der Waals surface area contributed by atoms with Gasteiger partial charge < -0.3 is 9.90 Å². The minimum atomic E-state index is -3.90. The Bertz CT molecular complexity index is 313. The lowest BCUT2D eigenvalue weighted by molar-refractivity contribution is -0.802. The molecule has 0 aliphatic carbocycles. The van der Waals surface area contributed by atoms with Crippen LogP contribution in [0.2, 0.25) is 0 Å². The molecule has 0 aromatic heterocycles. The second-order valence-corrected chi connectivity index (χ2v) is 5.44. The van der Waals surface area contributed by atoms with E-state index in [0.717, 1.165) is 7.05 Å². The number of hydrogen-bond donors (Lipinski definition) is 0. The Morgan fingerprint density at radius 3 is 1.73 bits per heavy atom. The molecule has 7 heteroatoms. The number of rotatable bonds is 5. The van der Waals surface area contributed by atoms with Crippen molar-refractivity contribution in [2.75, 3.05) is 26.7 Å². The van der Waals surface area contributed by atoms with Crippen LogP contribution in [0.3, 0.4) is 0 Å². The lowest BCUT2D eigenvalue weighted by Gasteiger charge is -2.37. The molecule has 0 aromatic rings. The molecule has 0 spiro atoms. The van der Waals surface area contributed by atoms with Gasteiger partial charge in [0.25, 0.3) is 0 Å². The van der Waals surface area contributed by atoms with Gasteiger partial charge in [0.1, 0.15) is 0 Å². The fourth-order valence-corrected chi connectivity index (χ4v) is 3.20. The van der Waals surface area contributed by atoms with E-state index in [1.54, 1.807) is 20.8 Å². The molecule has 0 radical (unpaired) electrons. The van der Waals surface area contributed by atoms with E-state index >= 15 is 0 Å². The van der Waals surface area contributed by atoms with Gasteiger partial charge in [-0.1, -0.05) is 0 Å². The van der Waals surface area contributed by atoms with Crippen LogP contribution >= 0.6 is 0 Å². The lowest BCUT2D eigenvalue weighted by Crippen LogP contribution is -2.60. The van der Waals surface area contributed by atoms with E-state index in [2.05, 4.69) is 0 Å². The summed E-state index contributed by atoms with van der Waals surface area (Å²) in [6, 6.07) is 0. The summed E-state index contributed by atoms with van der Waals surface area (Å²) in [6.07, 6.45) is -1.70. The normalized spacial score (nSPS) is 12.5. The van der Waals surface area contributed by atoms with Crippen molar-refractivity contribution in [3.63, 3.8) is 0 Å². The smallest absolute Gasteiger partial charge is 0.397 e. The maximum Gasteiger partial charge on any atom is 0.397 e. The molecule has 0 saturated heterocycles. The highest BCUT2D eigenvalue weighted by atomic mass is 32.2. The zero-order chi connectivity index (χ0) is 12.3. The fourth-order valence-electron chi connectivity index (χ4n) is 1.51. The highest BCUT2D eigenvalue weighted by molar-refractivity contribution is 7.84. The number of quaternary nitrogens is 1. The fraction of sp³-hybridized carbons (Fsp3) is 0.875. The van der Waals surface area contributed by atoms with E-state index in [1.807, 2.05) is 0 Å². The summed E-state index contributed by atoms with van der Waals surface area (Å²) >= 11 is 0. The van der Waals surface area contributed by atoms with Crippen LogP contribution in [0.15, 0.2) is 0 Å². The molecule has 6 nitrogen and oxygen atoms in total. The highest BCUT2D eigenvalue weighted by Gasteiger charge is 2.40. The minimum Gasteiger partial charge on any atom is -0.529 e. The predicted octanol–water partition coefficient (Wildman–Crippen LogP) is -0.617. The molecule has 0 atom stereocenters. The van der Waals surface area contributed by atoms with Crippen molar-refractivity contribution in [1.82, 2.24) is 4.31 Å². The monoisotopic (exact) mass is 238 g/mol. The maximum absolute atomic E-state index is 12.0. The average molecular weight is 238 g/mol. The first-order valence-electron chi connectivity index (χ1n) is 4.85. The van der Waals surface area contributed by atoms with E-state index in [4.69, 9.17) is 0 Å². The van der Waals surface area contributed by atoms with E-state index < -0.39 is 16.3 Å². The van der Waals surface area contributed by atoms with Gasteiger partial charge in [-0.15, -0.1) is 0 Å². The molecular weight excluding hydrogens is 220 g/mol. The zero-order valence-electron chi connectivity index (χ0n) is 9.56. The van der Waals surface area contributed by atoms with Crippen molar-refractivity contribution in [3.05, 3.63) is 0 Å². The summed E-state index contributed by atoms with van der Waals surface area (Å²) in [5.41, 5.74) is 0. The Balaban J connectivity index is 5.41. The molecule has 15 heavy (non-hydrogen) atoms. The first kappa shape index (κ1) is 14.2. The van der Waals surface area contributed by atoms with Gasteiger partial charge in [0.2, 0.25) is 0 Å². The molecule has 0 saturated carbocycles. The Morgan fingerprint density at radius 2 is 1.53 bits per heavy atom. The van der Waals surface area contributed by atoms with Crippen molar-refractivity contribution >= 4 is 16.3 Å². The van der Waals surface area contributed by atoms with Crippen molar-refractivity contribution in [1.29, 1.82) is 0 Å². The number of carbonyl (C=O) groups is 1. The molecule has 0 rings (SSSR count). The van der Waals surface area contributed by atoms with Gasteiger partial charge >= 0.3 is 10.2 Å². The standard InChI is InChI=1S/C8H18N2O4S/c1-5-10(6-2,7-3)15(13,14)9(4)8(11)12/h5-7H2,1-4H3. The van der Waals surface area contributed by atoms with Gasteiger partial charge in [0.15, 0.2) is 6.09 Å². The molecule has 90 valence electrons. The second kappa shape index (κ2) is 4.80. The minimum absolute atomic E-state index is 0.280. The van der Waals surface area contributed by atoms with Crippen molar-refractivity contribution in [2.24, 2.45) is 0 Å². The summed E-state index contributed by atoms with van der Waals surface area (Å²) in [6.45, 7) is 6.13. The summed E-state index contributed by atoms with van der Waals surface area (Å²) in [4.78, 5) is 10.6. The van der Waals surface area contributed by atoms with Crippen LogP contribution in [0.25, 0.3) is 0 Å². The topological polar surface area (TPSA) is 77.5 Å². The average Bonchev–Trinajstić information content (AvgIpc) is 2.19. The van der Waals surface area contributed by atoms with E-state index in [9.17, 15) is 18.3 Å². The molecule has 1 amide bonds. The van der Waals surface area contributed by atoms with Gasteiger partial charge in [0, 0.05) is 7.05 Å². The Labute approximate surface area is 90.9 Å². The first-order valence-corrected chi connectivity index (χ1v) is 6.24. The maximum atomic E-state index is 12.0. The lowest BCUT2D eigenvalue weighted by atomic mass is 10.5. The van der Waals surface area contributed by atoms with E-state index in [-0.39, 0.29) is 8.19 Å². The van der Waals surface area contributed by atoms with Crippen LogP contribution < -0.4 is 5.11 Å². The predicted molar refractivity (Wildman–Crippen MR) is 54.0 cm³/mol. The van der Waals surface area contributed by atoms with Gasteiger partial charge in [-0.3, -0.25) is 0 Å². The molecular formula is C8H18N2O4S. The zero-order valence-corrected chi connectivity index (χ0v) is 10.4. The summed E-state index contributed by atoms with van der Waals surface area (Å²) < 4.78 is 23.9. The van der Waals surface area contributed by atoms with Crippen molar-refractivity contribution < 1.29 is 22.2 Å². The van der Waals surface area contributed by atoms with Crippen LogP contribution in [-0.4, -0.2) is 49.4 Å². The van der Waals surface area contributed by atoms with E-state index in [0.29, 0.717) is 19.6 Å². The molecule has 0 heterocycles. The largest absolute Gasteiger partial charge is 0.529 e. The van der Waals surface area contributed by atoms with Crippen LogP contribution in [0.5, 0.6) is 0 Å².